The molecule has 1 fully saturated rings. The van der Waals surface area contributed by atoms with Gasteiger partial charge in [0.2, 0.25) is 10.0 Å². The first-order valence-electron chi connectivity index (χ1n) is 6.15. The SMILES string of the molecule is CCC(C)(CCO)NS(=O)(=O)CC1CCCO1. The quantitative estimate of drug-likeness (QED) is 0.708. The summed E-state index contributed by atoms with van der Waals surface area (Å²) in [4.78, 5) is 0. The van der Waals surface area contributed by atoms with Gasteiger partial charge in [-0.15, -0.1) is 0 Å². The van der Waals surface area contributed by atoms with E-state index in [2.05, 4.69) is 4.72 Å². The molecule has 2 atom stereocenters. The van der Waals surface area contributed by atoms with Crippen molar-refractivity contribution in [1.29, 1.82) is 0 Å². The minimum Gasteiger partial charge on any atom is -0.396 e. The number of hydrogen-bond donors (Lipinski definition) is 2. The van der Waals surface area contributed by atoms with Gasteiger partial charge in [0.1, 0.15) is 0 Å². The Labute approximate surface area is 104 Å². The zero-order valence-electron chi connectivity index (χ0n) is 10.6. The second kappa shape index (κ2) is 6.13. The van der Waals surface area contributed by atoms with E-state index in [1.807, 2.05) is 13.8 Å². The Morgan fingerprint density at radius 2 is 2.24 bits per heavy atom. The average molecular weight is 265 g/mol. The molecule has 6 heteroatoms. The summed E-state index contributed by atoms with van der Waals surface area (Å²) in [6.45, 7) is 4.36. The summed E-state index contributed by atoms with van der Waals surface area (Å²) in [5.41, 5.74) is -0.563. The van der Waals surface area contributed by atoms with Crippen LogP contribution in [0.25, 0.3) is 0 Å². The molecule has 1 aliphatic heterocycles. The molecule has 0 aromatic rings. The molecule has 2 N–H and O–H groups in total. The fourth-order valence-corrected chi connectivity index (χ4v) is 3.82. The number of hydrogen-bond acceptors (Lipinski definition) is 4. The molecule has 102 valence electrons. The molecule has 1 heterocycles. The van der Waals surface area contributed by atoms with Crippen molar-refractivity contribution in [2.24, 2.45) is 0 Å². The molecular weight excluding hydrogens is 242 g/mol. The van der Waals surface area contributed by atoms with Crippen molar-refractivity contribution in [1.82, 2.24) is 4.72 Å². The Morgan fingerprint density at radius 3 is 2.71 bits per heavy atom. The molecule has 0 aromatic heterocycles. The maximum absolute atomic E-state index is 12.0. The molecule has 0 aliphatic carbocycles. The van der Waals surface area contributed by atoms with E-state index in [4.69, 9.17) is 9.84 Å². The average Bonchev–Trinajstić information content (AvgIpc) is 2.69. The molecule has 0 radical (unpaired) electrons. The molecule has 17 heavy (non-hydrogen) atoms. The lowest BCUT2D eigenvalue weighted by atomic mass is 9.97. The van der Waals surface area contributed by atoms with Crippen LogP contribution in [0.3, 0.4) is 0 Å². The van der Waals surface area contributed by atoms with Gasteiger partial charge in [-0.1, -0.05) is 6.92 Å². The van der Waals surface area contributed by atoms with E-state index in [1.54, 1.807) is 0 Å². The van der Waals surface area contributed by atoms with Gasteiger partial charge >= 0.3 is 0 Å². The van der Waals surface area contributed by atoms with Crippen LogP contribution < -0.4 is 4.72 Å². The largest absolute Gasteiger partial charge is 0.396 e. The van der Waals surface area contributed by atoms with Crippen molar-refractivity contribution in [2.75, 3.05) is 19.0 Å². The summed E-state index contributed by atoms with van der Waals surface area (Å²) in [5, 5.41) is 8.95. The Balaban J connectivity index is 2.57. The van der Waals surface area contributed by atoms with E-state index in [0.717, 1.165) is 12.8 Å². The Hall–Kier alpha value is -0.170. The summed E-state index contributed by atoms with van der Waals surface area (Å²) in [5.74, 6) is 0.0218. The first kappa shape index (κ1) is 14.9. The minimum absolute atomic E-state index is 0.0210. The van der Waals surface area contributed by atoms with Gasteiger partial charge in [-0.25, -0.2) is 13.1 Å². The van der Waals surface area contributed by atoms with Crippen molar-refractivity contribution in [3.8, 4) is 0 Å². The third-order valence-corrected chi connectivity index (χ3v) is 4.89. The lowest BCUT2D eigenvalue weighted by molar-refractivity contribution is 0.127. The van der Waals surface area contributed by atoms with E-state index in [-0.39, 0.29) is 18.5 Å². The van der Waals surface area contributed by atoms with Crippen LogP contribution in [0, 0.1) is 0 Å². The van der Waals surface area contributed by atoms with Gasteiger partial charge < -0.3 is 9.84 Å². The van der Waals surface area contributed by atoms with E-state index < -0.39 is 15.6 Å². The normalized spacial score (nSPS) is 24.8. The lowest BCUT2D eigenvalue weighted by Gasteiger charge is -2.29. The maximum Gasteiger partial charge on any atom is 0.214 e. The van der Waals surface area contributed by atoms with Crippen LogP contribution >= 0.6 is 0 Å². The van der Waals surface area contributed by atoms with Crippen LogP contribution in [0.5, 0.6) is 0 Å². The van der Waals surface area contributed by atoms with Crippen molar-refractivity contribution in [2.45, 2.75) is 51.2 Å². The molecule has 1 rings (SSSR count). The van der Waals surface area contributed by atoms with Crippen molar-refractivity contribution in [3.05, 3.63) is 0 Å². The first-order chi connectivity index (χ1) is 7.91. The molecule has 0 spiro atoms. The van der Waals surface area contributed by atoms with Gasteiger partial charge in [0, 0.05) is 18.8 Å². The zero-order valence-corrected chi connectivity index (χ0v) is 11.4. The number of rotatable bonds is 7. The molecule has 0 amide bonds. The third-order valence-electron chi connectivity index (χ3n) is 3.28. The molecule has 1 saturated heterocycles. The minimum atomic E-state index is -3.34. The summed E-state index contributed by atoms with van der Waals surface area (Å²) >= 11 is 0. The van der Waals surface area contributed by atoms with Crippen LogP contribution in [0.1, 0.15) is 39.5 Å². The highest BCUT2D eigenvalue weighted by atomic mass is 32.2. The zero-order chi connectivity index (χ0) is 12.9. The molecule has 0 aromatic carbocycles. The number of ether oxygens (including phenoxy) is 1. The van der Waals surface area contributed by atoms with Gasteiger partial charge in [0.05, 0.1) is 11.9 Å². The molecule has 0 bridgehead atoms. The van der Waals surface area contributed by atoms with Crippen molar-refractivity contribution < 1.29 is 18.3 Å². The highest BCUT2D eigenvalue weighted by molar-refractivity contribution is 7.89. The molecule has 0 saturated carbocycles. The number of aliphatic hydroxyl groups excluding tert-OH is 1. The fraction of sp³-hybridized carbons (Fsp3) is 1.00. The highest BCUT2D eigenvalue weighted by Crippen LogP contribution is 2.18. The summed E-state index contributed by atoms with van der Waals surface area (Å²) in [6.07, 6.45) is 2.64. The topological polar surface area (TPSA) is 75.6 Å². The van der Waals surface area contributed by atoms with Crippen LogP contribution in [-0.4, -0.2) is 44.1 Å². The Bertz CT molecular complexity index is 324. The molecular formula is C11H23NO4S. The van der Waals surface area contributed by atoms with Gasteiger partial charge in [-0.3, -0.25) is 0 Å². The number of aliphatic hydroxyl groups is 1. The van der Waals surface area contributed by atoms with E-state index in [1.165, 1.54) is 0 Å². The maximum atomic E-state index is 12.0. The smallest absolute Gasteiger partial charge is 0.214 e. The summed E-state index contributed by atoms with van der Waals surface area (Å²) in [6, 6.07) is 0. The monoisotopic (exact) mass is 265 g/mol. The number of sulfonamides is 1. The summed E-state index contributed by atoms with van der Waals surface area (Å²) < 4.78 is 31.9. The van der Waals surface area contributed by atoms with Crippen LogP contribution in [-0.2, 0) is 14.8 Å². The van der Waals surface area contributed by atoms with Gasteiger partial charge in [-0.2, -0.15) is 0 Å². The fourth-order valence-electron chi connectivity index (χ4n) is 1.98. The highest BCUT2D eigenvalue weighted by Gasteiger charge is 2.30. The Morgan fingerprint density at radius 1 is 1.53 bits per heavy atom. The molecule has 1 aliphatic rings. The first-order valence-corrected chi connectivity index (χ1v) is 7.80. The van der Waals surface area contributed by atoms with Crippen molar-refractivity contribution in [3.63, 3.8) is 0 Å². The number of nitrogens with one attached hydrogen (secondary N) is 1. The van der Waals surface area contributed by atoms with Gasteiger partial charge in [0.15, 0.2) is 0 Å². The van der Waals surface area contributed by atoms with Crippen LogP contribution in [0.2, 0.25) is 0 Å². The van der Waals surface area contributed by atoms with E-state index >= 15 is 0 Å². The second-order valence-corrected chi connectivity index (χ2v) is 6.67. The van der Waals surface area contributed by atoms with Crippen LogP contribution in [0.4, 0.5) is 0 Å². The van der Waals surface area contributed by atoms with Crippen LogP contribution in [0.15, 0.2) is 0 Å². The second-order valence-electron chi connectivity index (χ2n) is 4.91. The van der Waals surface area contributed by atoms with E-state index in [0.29, 0.717) is 19.4 Å². The van der Waals surface area contributed by atoms with Crippen molar-refractivity contribution >= 4 is 10.0 Å². The Kier molecular flexibility index (Phi) is 5.37. The third kappa shape index (κ3) is 4.91. The predicted octanol–water partition coefficient (Wildman–Crippen LogP) is 0.636. The summed E-state index contributed by atoms with van der Waals surface area (Å²) in [7, 11) is -3.34. The standard InChI is InChI=1S/C11H23NO4S/c1-3-11(2,6-7-13)12-17(14,15)9-10-5-4-8-16-10/h10,12-13H,3-9H2,1-2H3. The lowest BCUT2D eigenvalue weighted by Crippen LogP contribution is -2.48. The molecule has 5 nitrogen and oxygen atoms in total. The van der Waals surface area contributed by atoms with Gasteiger partial charge in [0.25, 0.3) is 0 Å². The van der Waals surface area contributed by atoms with Gasteiger partial charge in [-0.05, 0) is 32.6 Å². The van der Waals surface area contributed by atoms with E-state index in [9.17, 15) is 8.42 Å². The predicted molar refractivity (Wildman–Crippen MR) is 66.3 cm³/mol. The molecule has 2 unspecified atom stereocenters.